The molecular formula is C25H28N4O3. The number of carbonyl (C=O) groups excluding carboxylic acids is 3. The molecule has 0 spiro atoms. The summed E-state index contributed by atoms with van der Waals surface area (Å²) >= 11 is 0. The third-order valence-electron chi connectivity index (χ3n) is 5.87. The van der Waals surface area contributed by atoms with Gasteiger partial charge in [0.1, 0.15) is 0 Å². The van der Waals surface area contributed by atoms with Gasteiger partial charge in [-0.1, -0.05) is 30.3 Å². The molecule has 3 amide bonds. The van der Waals surface area contributed by atoms with Gasteiger partial charge in [-0.3, -0.25) is 14.4 Å². The fourth-order valence-corrected chi connectivity index (χ4v) is 4.04. The normalized spacial score (nSPS) is 16.6. The van der Waals surface area contributed by atoms with Crippen molar-refractivity contribution < 1.29 is 14.4 Å². The lowest BCUT2D eigenvalue weighted by Gasteiger charge is -2.36. The Balaban J connectivity index is 1.20. The van der Waals surface area contributed by atoms with E-state index < -0.39 is 0 Å². The number of hydrogen-bond acceptors (Lipinski definition) is 4. The van der Waals surface area contributed by atoms with E-state index in [1.54, 1.807) is 15.9 Å². The molecule has 2 aliphatic heterocycles. The highest BCUT2D eigenvalue weighted by Gasteiger charge is 2.22. The second-order valence-electron chi connectivity index (χ2n) is 7.99. The van der Waals surface area contributed by atoms with Gasteiger partial charge in [-0.25, -0.2) is 0 Å². The number of anilines is 2. The molecule has 0 radical (unpaired) electrons. The molecular weight excluding hydrogens is 404 g/mol. The van der Waals surface area contributed by atoms with Crippen LogP contribution in [0.3, 0.4) is 0 Å². The molecule has 0 aromatic heterocycles. The van der Waals surface area contributed by atoms with E-state index >= 15 is 0 Å². The average molecular weight is 433 g/mol. The van der Waals surface area contributed by atoms with Crippen LogP contribution < -0.4 is 15.1 Å². The maximum absolute atomic E-state index is 12.4. The van der Waals surface area contributed by atoms with E-state index in [2.05, 4.69) is 22.3 Å². The molecule has 166 valence electrons. The maximum Gasteiger partial charge on any atom is 0.244 e. The summed E-state index contributed by atoms with van der Waals surface area (Å²) in [6, 6.07) is 17.7. The van der Waals surface area contributed by atoms with Crippen molar-refractivity contribution in [2.24, 2.45) is 0 Å². The highest BCUT2D eigenvalue weighted by molar-refractivity contribution is 5.96. The highest BCUT2D eigenvalue weighted by Crippen LogP contribution is 2.22. The second kappa shape index (κ2) is 10.1. The molecule has 2 aromatic rings. The summed E-state index contributed by atoms with van der Waals surface area (Å²) in [4.78, 5) is 42.2. The van der Waals surface area contributed by atoms with Gasteiger partial charge >= 0.3 is 0 Å². The Morgan fingerprint density at radius 1 is 0.875 bits per heavy atom. The molecule has 2 aromatic carbocycles. The number of rotatable bonds is 6. The largest absolute Gasteiger partial charge is 0.368 e. The minimum Gasteiger partial charge on any atom is -0.368 e. The summed E-state index contributed by atoms with van der Waals surface area (Å²) in [7, 11) is 0. The number of carbonyl (C=O) groups is 3. The van der Waals surface area contributed by atoms with Crippen LogP contribution in [0.15, 0.2) is 60.7 Å². The fourth-order valence-electron chi connectivity index (χ4n) is 4.04. The van der Waals surface area contributed by atoms with Crippen LogP contribution in [-0.4, -0.2) is 61.9 Å². The first-order chi connectivity index (χ1) is 15.6. The van der Waals surface area contributed by atoms with Crippen LogP contribution in [0.2, 0.25) is 0 Å². The molecule has 2 aliphatic rings. The molecule has 0 atom stereocenters. The van der Waals surface area contributed by atoms with Crippen molar-refractivity contribution in [2.75, 3.05) is 49.1 Å². The van der Waals surface area contributed by atoms with E-state index in [-0.39, 0.29) is 24.3 Å². The second-order valence-corrected chi connectivity index (χ2v) is 7.99. The van der Waals surface area contributed by atoms with Gasteiger partial charge in [-0.15, -0.1) is 0 Å². The Morgan fingerprint density at radius 3 is 2.25 bits per heavy atom. The number of benzene rings is 2. The Bertz CT molecular complexity index is 980. The molecule has 0 saturated carbocycles. The van der Waals surface area contributed by atoms with Crippen molar-refractivity contribution in [3.05, 3.63) is 66.2 Å². The van der Waals surface area contributed by atoms with Gasteiger partial charge in [0, 0.05) is 56.6 Å². The fraction of sp³-hybridized carbons (Fsp3) is 0.320. The third-order valence-corrected chi connectivity index (χ3v) is 5.87. The average Bonchev–Trinajstić information content (AvgIpc) is 3.28. The van der Waals surface area contributed by atoms with Gasteiger partial charge in [-0.2, -0.15) is 0 Å². The van der Waals surface area contributed by atoms with Gasteiger partial charge in [-0.05, 0) is 42.3 Å². The first kappa shape index (κ1) is 21.6. The van der Waals surface area contributed by atoms with Crippen LogP contribution in [0.4, 0.5) is 11.4 Å². The van der Waals surface area contributed by atoms with Crippen LogP contribution in [-0.2, 0) is 14.4 Å². The highest BCUT2D eigenvalue weighted by atomic mass is 16.2. The van der Waals surface area contributed by atoms with Gasteiger partial charge in [0.05, 0.1) is 6.54 Å². The number of hydrogen-bond donors (Lipinski definition) is 1. The molecule has 1 N–H and O–H groups in total. The summed E-state index contributed by atoms with van der Waals surface area (Å²) in [5, 5.41) is 2.67. The molecule has 7 nitrogen and oxygen atoms in total. The number of amides is 3. The van der Waals surface area contributed by atoms with Crippen molar-refractivity contribution >= 4 is 35.2 Å². The van der Waals surface area contributed by atoms with E-state index in [1.807, 2.05) is 42.5 Å². The monoisotopic (exact) mass is 432 g/mol. The molecule has 2 saturated heterocycles. The standard InChI is InChI=1S/C25H28N4O3/c30-23(13-10-20-8-11-22(12-9-20)29-14-4-7-24(29)31)26-19-25(32)28-17-15-27(16-18-28)21-5-2-1-3-6-21/h1-3,5-6,8-13H,4,7,14-19H2,(H,26,30)/b13-10+. The molecule has 7 heteroatoms. The molecule has 2 fully saturated rings. The molecule has 2 heterocycles. The summed E-state index contributed by atoms with van der Waals surface area (Å²) < 4.78 is 0. The minimum atomic E-state index is -0.305. The number of para-hydroxylation sites is 1. The minimum absolute atomic E-state index is 0.00941. The number of piperazine rings is 1. The van der Waals surface area contributed by atoms with Gasteiger partial charge in [0.15, 0.2) is 0 Å². The predicted molar refractivity (Wildman–Crippen MR) is 125 cm³/mol. The predicted octanol–water partition coefficient (Wildman–Crippen LogP) is 2.29. The topological polar surface area (TPSA) is 73.0 Å². The van der Waals surface area contributed by atoms with E-state index in [0.29, 0.717) is 19.5 Å². The Kier molecular flexibility index (Phi) is 6.84. The summed E-state index contributed by atoms with van der Waals surface area (Å²) in [5.74, 6) is -0.224. The maximum atomic E-state index is 12.4. The smallest absolute Gasteiger partial charge is 0.244 e. The van der Waals surface area contributed by atoms with E-state index in [4.69, 9.17) is 0 Å². The zero-order valence-electron chi connectivity index (χ0n) is 18.1. The van der Waals surface area contributed by atoms with Crippen molar-refractivity contribution in [1.82, 2.24) is 10.2 Å². The number of nitrogens with one attached hydrogen (secondary N) is 1. The lowest BCUT2D eigenvalue weighted by molar-refractivity contribution is -0.132. The van der Waals surface area contributed by atoms with Crippen molar-refractivity contribution in [3.63, 3.8) is 0 Å². The molecule has 32 heavy (non-hydrogen) atoms. The van der Waals surface area contributed by atoms with Gasteiger partial charge in [0.2, 0.25) is 17.7 Å². The van der Waals surface area contributed by atoms with Crippen LogP contribution in [0.25, 0.3) is 6.08 Å². The first-order valence-corrected chi connectivity index (χ1v) is 11.0. The van der Waals surface area contributed by atoms with Crippen molar-refractivity contribution in [1.29, 1.82) is 0 Å². The Labute approximate surface area is 188 Å². The molecule has 0 aliphatic carbocycles. The summed E-state index contributed by atoms with van der Waals surface area (Å²) in [6.07, 6.45) is 4.62. The van der Waals surface area contributed by atoms with Crippen LogP contribution in [0.5, 0.6) is 0 Å². The van der Waals surface area contributed by atoms with E-state index in [1.165, 1.54) is 6.08 Å². The molecule has 0 unspecified atom stereocenters. The van der Waals surface area contributed by atoms with Gasteiger partial charge < -0.3 is 20.0 Å². The van der Waals surface area contributed by atoms with Crippen LogP contribution in [0, 0.1) is 0 Å². The number of nitrogens with zero attached hydrogens (tertiary/aromatic N) is 3. The van der Waals surface area contributed by atoms with Crippen LogP contribution in [0.1, 0.15) is 18.4 Å². The third kappa shape index (κ3) is 5.35. The SMILES string of the molecule is O=C(/C=C/c1ccc(N2CCCC2=O)cc1)NCC(=O)N1CCN(c2ccccc2)CC1. The zero-order valence-corrected chi connectivity index (χ0v) is 18.1. The van der Waals surface area contributed by atoms with Gasteiger partial charge in [0.25, 0.3) is 0 Å². The first-order valence-electron chi connectivity index (χ1n) is 11.0. The Morgan fingerprint density at radius 2 is 1.59 bits per heavy atom. The lowest BCUT2D eigenvalue weighted by atomic mass is 10.2. The van der Waals surface area contributed by atoms with Crippen LogP contribution >= 0.6 is 0 Å². The summed E-state index contributed by atoms with van der Waals surface area (Å²) in [5.41, 5.74) is 2.91. The zero-order chi connectivity index (χ0) is 22.3. The lowest BCUT2D eigenvalue weighted by Crippen LogP contribution is -2.51. The van der Waals surface area contributed by atoms with E-state index in [9.17, 15) is 14.4 Å². The Hall–Kier alpha value is -3.61. The quantitative estimate of drug-likeness (QED) is 0.711. The molecule has 0 bridgehead atoms. The van der Waals surface area contributed by atoms with E-state index in [0.717, 1.165) is 43.0 Å². The van der Waals surface area contributed by atoms with Crippen molar-refractivity contribution in [3.8, 4) is 0 Å². The van der Waals surface area contributed by atoms with Crippen molar-refractivity contribution in [2.45, 2.75) is 12.8 Å². The summed E-state index contributed by atoms with van der Waals surface area (Å²) in [6.45, 7) is 3.60. The molecule has 4 rings (SSSR count).